The van der Waals surface area contributed by atoms with E-state index in [1.165, 1.54) is 0 Å². The number of nitrogens with one attached hydrogen (secondary N) is 1. The second-order valence-electron chi connectivity index (χ2n) is 4.36. The van der Waals surface area contributed by atoms with E-state index in [1.54, 1.807) is 11.8 Å². The van der Waals surface area contributed by atoms with E-state index in [2.05, 4.69) is 5.32 Å². The van der Waals surface area contributed by atoms with Gasteiger partial charge in [-0.2, -0.15) is 11.8 Å². The Hall–Kier alpha value is -0.260. The normalized spacial score (nSPS) is 19.9. The molecule has 1 saturated heterocycles. The van der Waals surface area contributed by atoms with Crippen molar-refractivity contribution in [3.8, 4) is 0 Å². The smallest absolute Gasteiger partial charge is 0.321 e. The number of carboxylic acid groups (broad SMARTS) is 1. The van der Waals surface area contributed by atoms with E-state index in [4.69, 9.17) is 9.84 Å². The van der Waals surface area contributed by atoms with Crippen LogP contribution in [-0.2, 0) is 9.53 Å². The number of ether oxygens (including phenoxy) is 1. The molecule has 0 spiro atoms. The minimum Gasteiger partial charge on any atom is -0.480 e. The zero-order valence-electron chi connectivity index (χ0n) is 9.94. The number of hydrogen-bond donors (Lipinski definition) is 2. The van der Waals surface area contributed by atoms with Gasteiger partial charge in [-0.25, -0.2) is 0 Å². The molecule has 5 heteroatoms. The van der Waals surface area contributed by atoms with Crippen LogP contribution in [-0.4, -0.2) is 47.4 Å². The molecule has 4 nitrogen and oxygen atoms in total. The molecule has 1 aliphatic heterocycles. The number of aliphatic carboxylic acids is 1. The molecule has 0 aromatic carbocycles. The molecule has 1 unspecified atom stereocenters. The summed E-state index contributed by atoms with van der Waals surface area (Å²) in [6.45, 7) is 5.56. The largest absolute Gasteiger partial charge is 0.480 e. The molecular formula is C11H21NO3S. The third-order valence-electron chi connectivity index (χ3n) is 2.50. The van der Waals surface area contributed by atoms with Gasteiger partial charge in [-0.15, -0.1) is 0 Å². The van der Waals surface area contributed by atoms with Crippen molar-refractivity contribution in [1.82, 2.24) is 5.32 Å². The zero-order valence-corrected chi connectivity index (χ0v) is 10.8. The van der Waals surface area contributed by atoms with Gasteiger partial charge in [0.1, 0.15) is 6.04 Å². The molecule has 0 bridgehead atoms. The van der Waals surface area contributed by atoms with Crippen molar-refractivity contribution in [3.63, 3.8) is 0 Å². The summed E-state index contributed by atoms with van der Waals surface area (Å²) < 4.78 is 5.27. The second-order valence-corrected chi connectivity index (χ2v) is 5.69. The monoisotopic (exact) mass is 247 g/mol. The van der Waals surface area contributed by atoms with Gasteiger partial charge < -0.3 is 15.2 Å². The molecule has 0 saturated carbocycles. The Kier molecular flexibility index (Phi) is 6.16. The van der Waals surface area contributed by atoms with Gasteiger partial charge in [0.25, 0.3) is 0 Å². The summed E-state index contributed by atoms with van der Waals surface area (Å²) in [7, 11) is 0. The van der Waals surface area contributed by atoms with Crippen LogP contribution in [0, 0.1) is 0 Å². The van der Waals surface area contributed by atoms with Crippen LogP contribution in [0.4, 0.5) is 0 Å². The van der Waals surface area contributed by atoms with Crippen molar-refractivity contribution >= 4 is 17.7 Å². The lowest BCUT2D eigenvalue weighted by Crippen LogP contribution is -2.43. The van der Waals surface area contributed by atoms with Crippen LogP contribution in [0.25, 0.3) is 0 Å². The predicted octanol–water partition coefficient (Wildman–Crippen LogP) is 1.35. The molecule has 0 radical (unpaired) electrons. The lowest BCUT2D eigenvalue weighted by molar-refractivity contribution is -0.139. The maximum Gasteiger partial charge on any atom is 0.321 e. The highest BCUT2D eigenvalue weighted by atomic mass is 32.2. The molecule has 0 aromatic heterocycles. The number of hydrogen-bond acceptors (Lipinski definition) is 4. The van der Waals surface area contributed by atoms with Gasteiger partial charge in [0, 0.05) is 30.3 Å². The first-order valence-electron chi connectivity index (χ1n) is 5.77. The van der Waals surface area contributed by atoms with Crippen LogP contribution in [0.1, 0.15) is 26.7 Å². The lowest BCUT2D eigenvalue weighted by Gasteiger charge is -2.24. The fourth-order valence-corrected chi connectivity index (χ4v) is 2.90. The molecule has 0 aromatic rings. The summed E-state index contributed by atoms with van der Waals surface area (Å²) in [5, 5.41) is 12.7. The van der Waals surface area contributed by atoms with Crippen molar-refractivity contribution in [2.75, 3.05) is 19.0 Å². The molecule has 16 heavy (non-hydrogen) atoms. The van der Waals surface area contributed by atoms with Gasteiger partial charge in [-0.3, -0.25) is 4.79 Å². The van der Waals surface area contributed by atoms with E-state index < -0.39 is 12.0 Å². The van der Waals surface area contributed by atoms with E-state index in [9.17, 15) is 4.79 Å². The maximum atomic E-state index is 11.0. The summed E-state index contributed by atoms with van der Waals surface area (Å²) in [6, 6.07) is -0.232. The van der Waals surface area contributed by atoms with Gasteiger partial charge in [-0.05, 0) is 12.8 Å². The van der Waals surface area contributed by atoms with Gasteiger partial charge in [0.05, 0.1) is 0 Å². The van der Waals surface area contributed by atoms with Crippen LogP contribution in [0.3, 0.4) is 0 Å². The van der Waals surface area contributed by atoms with E-state index in [0.29, 0.717) is 11.0 Å². The van der Waals surface area contributed by atoms with Crippen molar-refractivity contribution < 1.29 is 14.6 Å². The van der Waals surface area contributed by atoms with Crippen LogP contribution < -0.4 is 5.32 Å². The fraction of sp³-hybridized carbons (Fsp3) is 0.909. The van der Waals surface area contributed by atoms with Crippen molar-refractivity contribution in [1.29, 1.82) is 0 Å². The Labute approximate surface area is 101 Å². The minimum absolute atomic E-state index is 0.205. The fourth-order valence-electron chi connectivity index (χ4n) is 1.67. The predicted molar refractivity (Wildman–Crippen MR) is 66.0 cm³/mol. The number of carboxylic acids is 1. The third kappa shape index (κ3) is 5.18. The highest BCUT2D eigenvalue weighted by Gasteiger charge is 2.21. The SMILES string of the molecule is CC(C)NC(CSC1CCOCC1)C(=O)O. The first-order chi connectivity index (χ1) is 7.59. The third-order valence-corrected chi connectivity index (χ3v) is 3.97. The van der Waals surface area contributed by atoms with E-state index in [0.717, 1.165) is 26.1 Å². The summed E-state index contributed by atoms with van der Waals surface area (Å²) in [4.78, 5) is 11.0. The number of carbonyl (C=O) groups is 1. The van der Waals surface area contributed by atoms with Gasteiger partial charge in [-0.1, -0.05) is 13.8 Å². The van der Waals surface area contributed by atoms with E-state index >= 15 is 0 Å². The molecule has 1 rings (SSSR count). The Morgan fingerprint density at radius 2 is 2.12 bits per heavy atom. The molecule has 1 atom stereocenters. The average molecular weight is 247 g/mol. The summed E-state index contributed by atoms with van der Waals surface area (Å²) >= 11 is 1.75. The Morgan fingerprint density at radius 3 is 2.62 bits per heavy atom. The number of rotatable bonds is 6. The average Bonchev–Trinajstić information content (AvgIpc) is 2.25. The van der Waals surface area contributed by atoms with Crippen LogP contribution in [0.2, 0.25) is 0 Å². The van der Waals surface area contributed by atoms with Crippen LogP contribution in [0.15, 0.2) is 0 Å². The van der Waals surface area contributed by atoms with Gasteiger partial charge in [0.2, 0.25) is 0 Å². The van der Waals surface area contributed by atoms with Gasteiger partial charge in [0.15, 0.2) is 0 Å². The Balaban J connectivity index is 2.28. The lowest BCUT2D eigenvalue weighted by atomic mass is 10.2. The highest BCUT2D eigenvalue weighted by molar-refractivity contribution is 7.99. The van der Waals surface area contributed by atoms with Crippen molar-refractivity contribution in [2.45, 2.75) is 44.0 Å². The van der Waals surface area contributed by atoms with Crippen LogP contribution in [0.5, 0.6) is 0 Å². The first kappa shape index (κ1) is 13.8. The molecule has 2 N–H and O–H groups in total. The van der Waals surface area contributed by atoms with Crippen molar-refractivity contribution in [2.24, 2.45) is 0 Å². The molecule has 1 heterocycles. The molecule has 94 valence electrons. The number of thioether (sulfide) groups is 1. The maximum absolute atomic E-state index is 11.0. The van der Waals surface area contributed by atoms with E-state index in [-0.39, 0.29) is 6.04 Å². The second kappa shape index (κ2) is 7.14. The zero-order chi connectivity index (χ0) is 12.0. The molecule has 0 aliphatic carbocycles. The van der Waals surface area contributed by atoms with Crippen LogP contribution >= 0.6 is 11.8 Å². The molecular weight excluding hydrogens is 226 g/mol. The summed E-state index contributed by atoms with van der Waals surface area (Å²) in [5.74, 6) is -0.119. The molecule has 1 fully saturated rings. The first-order valence-corrected chi connectivity index (χ1v) is 6.82. The van der Waals surface area contributed by atoms with Crippen molar-refractivity contribution in [3.05, 3.63) is 0 Å². The minimum atomic E-state index is -0.756. The topological polar surface area (TPSA) is 58.6 Å². The standard InChI is InChI=1S/C11H21NO3S/c1-8(2)12-10(11(13)14)7-16-9-3-5-15-6-4-9/h8-10,12H,3-7H2,1-2H3,(H,13,14). The highest BCUT2D eigenvalue weighted by Crippen LogP contribution is 2.22. The Bertz CT molecular complexity index is 217. The molecule has 1 aliphatic rings. The summed E-state index contributed by atoms with van der Waals surface area (Å²) in [6.07, 6.45) is 2.08. The molecule has 0 amide bonds. The summed E-state index contributed by atoms with van der Waals surface area (Å²) in [5.41, 5.74) is 0. The Morgan fingerprint density at radius 1 is 1.50 bits per heavy atom. The van der Waals surface area contributed by atoms with Gasteiger partial charge >= 0.3 is 5.97 Å². The quantitative estimate of drug-likeness (QED) is 0.742. The van der Waals surface area contributed by atoms with E-state index in [1.807, 2.05) is 13.8 Å².